The monoisotopic (exact) mass is 566 g/mol. The molecule has 0 heterocycles. The van der Waals surface area contributed by atoms with Gasteiger partial charge in [0.2, 0.25) is 0 Å². The van der Waals surface area contributed by atoms with E-state index < -0.39 is 20.2 Å². The van der Waals surface area contributed by atoms with Crippen LogP contribution < -0.4 is 0 Å². The van der Waals surface area contributed by atoms with Crippen LogP contribution in [0.2, 0.25) is 0 Å². The third-order valence-corrected chi connectivity index (χ3v) is 8.11. The maximum Gasteiger partial charge on any atom is 2.00 e. The van der Waals surface area contributed by atoms with E-state index in [2.05, 4.69) is 12.1 Å². The van der Waals surface area contributed by atoms with Gasteiger partial charge < -0.3 is 9.11 Å². The number of hydrogen-bond acceptors (Lipinski definition) is 6. The Bertz CT molecular complexity index is 1500. The summed E-state index contributed by atoms with van der Waals surface area (Å²) in [5.41, 5.74) is 4.26. The quantitative estimate of drug-likeness (QED) is 0.229. The Balaban J connectivity index is 0.000000253. The van der Waals surface area contributed by atoms with E-state index in [4.69, 9.17) is 0 Å². The molecule has 0 aromatic heterocycles. The maximum absolute atomic E-state index is 11.3. The topological polar surface area (TPSA) is 114 Å². The van der Waals surface area contributed by atoms with Gasteiger partial charge in [-0.3, -0.25) is 0 Å². The molecule has 0 radical (unpaired) electrons. The van der Waals surface area contributed by atoms with E-state index in [1.165, 1.54) is 12.1 Å². The molecule has 0 bridgehead atoms. The van der Waals surface area contributed by atoms with E-state index in [0.29, 0.717) is 10.8 Å². The van der Waals surface area contributed by atoms with Crippen LogP contribution in [0.25, 0.3) is 21.5 Å². The van der Waals surface area contributed by atoms with Crippen LogP contribution in [0.3, 0.4) is 0 Å². The van der Waals surface area contributed by atoms with Crippen molar-refractivity contribution in [2.24, 2.45) is 0 Å². The van der Waals surface area contributed by atoms with Crippen molar-refractivity contribution in [2.45, 2.75) is 63.2 Å². The zero-order valence-electron chi connectivity index (χ0n) is 21.6. The summed E-state index contributed by atoms with van der Waals surface area (Å²) < 4.78 is 67.7. The molecule has 0 unspecified atom stereocenters. The van der Waals surface area contributed by atoms with Gasteiger partial charge in [0, 0.05) is 0 Å². The van der Waals surface area contributed by atoms with Crippen LogP contribution in [0, 0.1) is 0 Å². The summed E-state index contributed by atoms with van der Waals surface area (Å²) in [6.07, 6.45) is 3.26. The van der Waals surface area contributed by atoms with Gasteiger partial charge in [0.15, 0.2) is 0 Å². The fourth-order valence-corrected chi connectivity index (χ4v) is 5.80. The summed E-state index contributed by atoms with van der Waals surface area (Å²) in [5, 5.41) is 2.80. The van der Waals surface area contributed by atoms with Crippen molar-refractivity contribution in [1.29, 1.82) is 0 Å². The van der Waals surface area contributed by atoms with E-state index in [0.717, 1.165) is 58.7 Å². The Morgan fingerprint density at radius 3 is 1.16 bits per heavy atom. The molecule has 0 spiro atoms. The Morgan fingerprint density at radius 2 is 0.892 bits per heavy atom. The van der Waals surface area contributed by atoms with E-state index in [9.17, 15) is 25.9 Å². The largest absolute Gasteiger partial charge is 2.00 e. The molecule has 0 saturated carbocycles. The number of rotatable bonds is 6. The molecule has 4 rings (SSSR count). The minimum absolute atomic E-state index is 0. The molecule has 0 amide bonds. The predicted octanol–water partition coefficient (Wildman–Crippen LogP) is 5.36. The normalized spacial score (nSPS) is 11.6. The van der Waals surface area contributed by atoms with Gasteiger partial charge in [-0.25, -0.2) is 16.8 Å². The third-order valence-electron chi connectivity index (χ3n) is 6.32. The molecule has 0 atom stereocenters. The van der Waals surface area contributed by atoms with E-state index in [-0.39, 0.29) is 47.5 Å². The summed E-state index contributed by atoms with van der Waals surface area (Å²) >= 11 is 0. The van der Waals surface area contributed by atoms with Crippen LogP contribution in [-0.2, 0) is 45.9 Å². The molecule has 4 aromatic carbocycles. The van der Waals surface area contributed by atoms with E-state index in [1.807, 2.05) is 39.8 Å². The van der Waals surface area contributed by atoms with Gasteiger partial charge >= 0.3 is 37.7 Å². The fourth-order valence-electron chi connectivity index (χ4n) is 4.43. The van der Waals surface area contributed by atoms with E-state index >= 15 is 0 Å². The van der Waals surface area contributed by atoms with Gasteiger partial charge in [-0.15, -0.1) is 0 Å². The molecule has 0 aliphatic rings. The molecule has 0 N–H and O–H groups in total. The molecule has 0 saturated heterocycles. The minimum atomic E-state index is -4.43. The zero-order valence-corrected chi connectivity index (χ0v) is 25.4. The van der Waals surface area contributed by atoms with Crippen molar-refractivity contribution in [3.8, 4) is 0 Å². The van der Waals surface area contributed by atoms with Crippen LogP contribution in [-0.4, -0.2) is 63.7 Å². The average Bonchev–Trinajstić information content (AvgIpc) is 2.85. The Kier molecular flexibility index (Phi) is 11.2. The smallest absolute Gasteiger partial charge is 0.744 e. The summed E-state index contributed by atoms with van der Waals surface area (Å²) in [4.78, 5) is -0.241. The molecule has 0 aliphatic heterocycles. The number of aryl methyl sites for hydroxylation is 4. The Labute approximate surface area is 249 Å². The molecule has 0 aliphatic carbocycles. The van der Waals surface area contributed by atoms with E-state index in [1.54, 1.807) is 24.3 Å². The first-order valence-electron chi connectivity index (χ1n) is 11.9. The minimum Gasteiger partial charge on any atom is -0.744 e. The third kappa shape index (κ3) is 7.32. The Hall–Kier alpha value is -1.52. The standard InChI is InChI=1S/2C14H16O3S.Ca/c2*1-3-10-8-11(4-2)12-6-5-7-14(13(12)9-10)18(15,16)17;/h2*5-9H,3-4H2,1-2H3,(H,15,16,17);/q;;+2/p-2. The number of fused-ring (bicyclic) bond motifs is 2. The molecular formula is C28H30CaO6S2. The Morgan fingerprint density at radius 1 is 0.541 bits per heavy atom. The first-order valence-corrected chi connectivity index (χ1v) is 14.8. The van der Waals surface area contributed by atoms with Gasteiger partial charge in [0.25, 0.3) is 0 Å². The van der Waals surface area contributed by atoms with Crippen molar-refractivity contribution in [2.75, 3.05) is 0 Å². The van der Waals surface area contributed by atoms with Crippen molar-refractivity contribution in [3.63, 3.8) is 0 Å². The molecule has 9 heteroatoms. The fraction of sp³-hybridized carbons (Fsp3) is 0.286. The first kappa shape index (κ1) is 31.7. The molecule has 0 fully saturated rings. The van der Waals surface area contributed by atoms with Crippen LogP contribution >= 0.6 is 0 Å². The van der Waals surface area contributed by atoms with Crippen molar-refractivity contribution in [1.82, 2.24) is 0 Å². The van der Waals surface area contributed by atoms with Crippen LogP contribution in [0.4, 0.5) is 0 Å². The number of benzene rings is 4. The van der Waals surface area contributed by atoms with Gasteiger partial charge in [0.1, 0.15) is 20.2 Å². The average molecular weight is 567 g/mol. The second-order valence-electron chi connectivity index (χ2n) is 8.53. The van der Waals surface area contributed by atoms with Crippen LogP contribution in [0.5, 0.6) is 0 Å². The molecule has 6 nitrogen and oxygen atoms in total. The summed E-state index contributed by atoms with van der Waals surface area (Å²) in [6.45, 7) is 8.06. The van der Waals surface area contributed by atoms with Crippen molar-refractivity contribution in [3.05, 3.63) is 82.9 Å². The van der Waals surface area contributed by atoms with Crippen molar-refractivity contribution < 1.29 is 25.9 Å². The second kappa shape index (κ2) is 13.0. The SMILES string of the molecule is CCc1cc(CC)c2cccc(S(=O)(=O)[O-])c2c1.CCc1cc(CC)c2cccc(S(=O)(=O)[O-])c2c1.[Ca+2]. The van der Waals surface area contributed by atoms with Gasteiger partial charge in [-0.2, -0.15) is 0 Å². The molecular weight excluding hydrogens is 537 g/mol. The second-order valence-corrected chi connectivity index (χ2v) is 11.2. The predicted molar refractivity (Wildman–Crippen MR) is 147 cm³/mol. The summed E-state index contributed by atoms with van der Waals surface area (Å²) in [7, 11) is -8.86. The summed E-state index contributed by atoms with van der Waals surface area (Å²) in [5.74, 6) is 0. The van der Waals surface area contributed by atoms with Crippen molar-refractivity contribution >= 4 is 79.5 Å². The first-order chi connectivity index (χ1) is 16.9. The maximum atomic E-state index is 11.3. The molecule has 192 valence electrons. The molecule has 4 aromatic rings. The summed E-state index contributed by atoms with van der Waals surface area (Å²) in [6, 6.07) is 17.5. The zero-order chi connectivity index (χ0) is 26.7. The number of hydrogen-bond donors (Lipinski definition) is 0. The molecule has 37 heavy (non-hydrogen) atoms. The van der Waals surface area contributed by atoms with Crippen LogP contribution in [0.15, 0.2) is 70.5 Å². The van der Waals surface area contributed by atoms with Gasteiger partial charge in [-0.05, 0) is 93.7 Å². The van der Waals surface area contributed by atoms with Crippen LogP contribution in [0.1, 0.15) is 49.9 Å². The van der Waals surface area contributed by atoms with Gasteiger partial charge in [-0.1, -0.05) is 64.1 Å². The van der Waals surface area contributed by atoms with Gasteiger partial charge in [0.05, 0.1) is 9.79 Å².